The molecule has 0 aliphatic carbocycles. The SMILES string of the molecule is NC(=O)[C@H](N)CCP(=O)(O)O. The minimum atomic E-state index is -4.05. The lowest BCUT2D eigenvalue weighted by molar-refractivity contribution is -0.119. The Labute approximate surface area is 63.7 Å². The predicted octanol–water partition coefficient (Wildman–Crippen LogP) is -1.63. The summed E-state index contributed by atoms with van der Waals surface area (Å²) in [6.07, 6.45) is -0.489. The molecule has 0 heterocycles. The van der Waals surface area contributed by atoms with Gasteiger partial charge in [0.2, 0.25) is 5.91 Å². The summed E-state index contributed by atoms with van der Waals surface area (Å²) in [4.78, 5) is 27.0. The number of primary amides is 1. The van der Waals surface area contributed by atoms with E-state index in [4.69, 9.17) is 21.3 Å². The average Bonchev–Trinajstić information content (AvgIpc) is 1.80. The molecule has 0 fully saturated rings. The molecular weight excluding hydrogens is 171 g/mol. The Morgan fingerprint density at radius 1 is 1.55 bits per heavy atom. The van der Waals surface area contributed by atoms with Crippen LogP contribution in [0.3, 0.4) is 0 Å². The van der Waals surface area contributed by atoms with Gasteiger partial charge in [-0.2, -0.15) is 0 Å². The van der Waals surface area contributed by atoms with E-state index >= 15 is 0 Å². The van der Waals surface area contributed by atoms with Crippen molar-refractivity contribution in [1.29, 1.82) is 0 Å². The second-order valence-electron chi connectivity index (χ2n) is 2.19. The molecular formula is C4H11N2O4P. The smallest absolute Gasteiger partial charge is 0.325 e. The highest BCUT2D eigenvalue weighted by atomic mass is 31.2. The topological polar surface area (TPSA) is 127 Å². The highest BCUT2D eigenvalue weighted by Crippen LogP contribution is 2.34. The zero-order chi connectivity index (χ0) is 9.07. The molecule has 0 aromatic rings. The quantitative estimate of drug-likeness (QED) is 0.388. The molecule has 0 rings (SSSR count). The lowest BCUT2D eigenvalue weighted by Gasteiger charge is -2.07. The third kappa shape index (κ3) is 6.00. The van der Waals surface area contributed by atoms with E-state index < -0.39 is 25.7 Å². The molecule has 11 heavy (non-hydrogen) atoms. The van der Waals surface area contributed by atoms with Crippen LogP contribution in [0, 0.1) is 0 Å². The number of rotatable bonds is 4. The van der Waals surface area contributed by atoms with Gasteiger partial charge in [0, 0.05) is 0 Å². The molecule has 6 nitrogen and oxygen atoms in total. The van der Waals surface area contributed by atoms with Crippen LogP contribution in [-0.2, 0) is 9.36 Å². The Kier molecular flexibility index (Phi) is 3.68. The summed E-state index contributed by atoms with van der Waals surface area (Å²) < 4.78 is 10.2. The molecule has 0 aromatic heterocycles. The first-order chi connectivity index (χ1) is 4.83. The standard InChI is InChI=1S/C4H11N2O4P/c5-3(4(6)7)1-2-11(8,9)10/h3H,1-2,5H2,(H2,6,7)(H2,8,9,10)/t3-/m1/s1. The van der Waals surface area contributed by atoms with Gasteiger partial charge in [0.25, 0.3) is 0 Å². The summed E-state index contributed by atoms with van der Waals surface area (Å²) in [5.74, 6) is -0.751. The first kappa shape index (κ1) is 10.6. The van der Waals surface area contributed by atoms with Crippen molar-refractivity contribution in [1.82, 2.24) is 0 Å². The Balaban J connectivity index is 3.72. The van der Waals surface area contributed by atoms with Gasteiger partial charge < -0.3 is 21.3 Å². The highest BCUT2D eigenvalue weighted by molar-refractivity contribution is 7.51. The van der Waals surface area contributed by atoms with Crippen LogP contribution in [0.25, 0.3) is 0 Å². The molecule has 1 atom stereocenters. The molecule has 66 valence electrons. The van der Waals surface area contributed by atoms with Crippen molar-refractivity contribution in [2.45, 2.75) is 12.5 Å². The molecule has 6 N–H and O–H groups in total. The van der Waals surface area contributed by atoms with Crippen LogP contribution in [0.5, 0.6) is 0 Å². The van der Waals surface area contributed by atoms with Gasteiger partial charge >= 0.3 is 7.60 Å². The van der Waals surface area contributed by atoms with E-state index in [0.717, 1.165) is 0 Å². The van der Waals surface area contributed by atoms with Crippen LogP contribution in [0.15, 0.2) is 0 Å². The third-order valence-electron chi connectivity index (χ3n) is 1.10. The monoisotopic (exact) mass is 182 g/mol. The Bertz CT molecular complexity index is 189. The van der Waals surface area contributed by atoms with Crippen molar-refractivity contribution >= 4 is 13.5 Å². The lowest BCUT2D eigenvalue weighted by atomic mass is 10.2. The number of hydrogen-bond donors (Lipinski definition) is 4. The number of nitrogens with two attached hydrogens (primary N) is 2. The molecule has 0 aliphatic heterocycles. The van der Waals surface area contributed by atoms with Gasteiger partial charge in [-0.05, 0) is 6.42 Å². The third-order valence-corrected chi connectivity index (χ3v) is 1.94. The van der Waals surface area contributed by atoms with Gasteiger partial charge in [-0.25, -0.2) is 0 Å². The van der Waals surface area contributed by atoms with Crippen LogP contribution in [0.4, 0.5) is 0 Å². The van der Waals surface area contributed by atoms with E-state index in [-0.39, 0.29) is 6.42 Å². The van der Waals surface area contributed by atoms with E-state index in [9.17, 15) is 9.36 Å². The Morgan fingerprint density at radius 2 is 2.00 bits per heavy atom. The zero-order valence-corrected chi connectivity index (χ0v) is 6.70. The van der Waals surface area contributed by atoms with E-state index in [1.807, 2.05) is 0 Å². The fourth-order valence-electron chi connectivity index (χ4n) is 0.450. The average molecular weight is 182 g/mol. The first-order valence-corrected chi connectivity index (χ1v) is 4.72. The molecule has 7 heteroatoms. The minimum absolute atomic E-state index is 0.0837. The van der Waals surface area contributed by atoms with Crippen molar-refractivity contribution < 1.29 is 19.1 Å². The van der Waals surface area contributed by atoms with Gasteiger partial charge in [-0.15, -0.1) is 0 Å². The summed E-state index contributed by atoms with van der Waals surface area (Å²) in [6, 6.07) is -0.970. The van der Waals surface area contributed by atoms with Crippen molar-refractivity contribution in [3.8, 4) is 0 Å². The number of carbonyl (C=O) groups excluding carboxylic acids is 1. The van der Waals surface area contributed by atoms with Gasteiger partial charge in [0.15, 0.2) is 0 Å². The van der Waals surface area contributed by atoms with E-state index in [0.29, 0.717) is 0 Å². The predicted molar refractivity (Wildman–Crippen MR) is 38.7 cm³/mol. The molecule has 0 spiro atoms. The van der Waals surface area contributed by atoms with Crippen molar-refractivity contribution in [3.05, 3.63) is 0 Å². The summed E-state index contributed by atoms with van der Waals surface area (Å²) in [5, 5.41) is 0. The van der Waals surface area contributed by atoms with Crippen LogP contribution >= 0.6 is 7.60 Å². The minimum Gasteiger partial charge on any atom is -0.368 e. The van der Waals surface area contributed by atoms with Crippen molar-refractivity contribution in [2.75, 3.05) is 6.16 Å². The maximum Gasteiger partial charge on any atom is 0.325 e. The summed E-state index contributed by atoms with van der Waals surface area (Å²) in [5.41, 5.74) is 9.85. The van der Waals surface area contributed by atoms with Crippen LogP contribution < -0.4 is 11.5 Å². The summed E-state index contributed by atoms with van der Waals surface area (Å²) >= 11 is 0. The number of hydrogen-bond acceptors (Lipinski definition) is 3. The molecule has 0 bridgehead atoms. The molecule has 1 amide bonds. The zero-order valence-electron chi connectivity index (χ0n) is 5.80. The van der Waals surface area contributed by atoms with E-state index in [1.165, 1.54) is 0 Å². The fraction of sp³-hybridized carbons (Fsp3) is 0.750. The largest absolute Gasteiger partial charge is 0.368 e. The second-order valence-corrected chi connectivity index (χ2v) is 3.96. The van der Waals surface area contributed by atoms with Gasteiger partial charge in [0.1, 0.15) is 0 Å². The van der Waals surface area contributed by atoms with E-state index in [2.05, 4.69) is 0 Å². The molecule has 0 radical (unpaired) electrons. The molecule has 0 saturated carbocycles. The van der Waals surface area contributed by atoms with Gasteiger partial charge in [0.05, 0.1) is 12.2 Å². The van der Waals surface area contributed by atoms with Crippen LogP contribution in [0.1, 0.15) is 6.42 Å². The lowest BCUT2D eigenvalue weighted by Crippen LogP contribution is -2.36. The normalized spacial score (nSPS) is 14.5. The van der Waals surface area contributed by atoms with Gasteiger partial charge in [-0.1, -0.05) is 0 Å². The van der Waals surface area contributed by atoms with Crippen LogP contribution in [0.2, 0.25) is 0 Å². The highest BCUT2D eigenvalue weighted by Gasteiger charge is 2.17. The molecule has 0 unspecified atom stereocenters. The van der Waals surface area contributed by atoms with Crippen molar-refractivity contribution in [3.63, 3.8) is 0 Å². The second kappa shape index (κ2) is 3.82. The molecule has 0 saturated heterocycles. The maximum absolute atomic E-state index is 10.3. The number of carbonyl (C=O) groups is 1. The summed E-state index contributed by atoms with van der Waals surface area (Å²) in [6.45, 7) is 0. The van der Waals surface area contributed by atoms with Crippen molar-refractivity contribution in [2.24, 2.45) is 11.5 Å². The van der Waals surface area contributed by atoms with Gasteiger partial charge in [-0.3, -0.25) is 9.36 Å². The van der Waals surface area contributed by atoms with E-state index in [1.54, 1.807) is 0 Å². The Hall–Kier alpha value is -0.420. The molecule has 0 aromatic carbocycles. The summed E-state index contributed by atoms with van der Waals surface area (Å²) in [7, 11) is -4.05. The molecule has 0 aliphatic rings. The maximum atomic E-state index is 10.3. The Morgan fingerprint density at radius 3 is 2.27 bits per heavy atom. The number of amides is 1. The fourth-order valence-corrected chi connectivity index (χ4v) is 1.06. The van der Waals surface area contributed by atoms with Crippen LogP contribution in [-0.4, -0.2) is 27.9 Å². The first-order valence-electron chi connectivity index (χ1n) is 2.92.